The molecule has 0 aliphatic rings. The van der Waals surface area contributed by atoms with Gasteiger partial charge in [0.1, 0.15) is 17.4 Å². The molecule has 0 saturated heterocycles. The first-order valence-electron chi connectivity index (χ1n) is 12.6. The van der Waals surface area contributed by atoms with E-state index in [0.717, 1.165) is 40.7 Å². The van der Waals surface area contributed by atoms with Crippen molar-refractivity contribution in [3.8, 4) is 0 Å². The monoisotopic (exact) mass is 526 g/mol. The van der Waals surface area contributed by atoms with Crippen LogP contribution in [0.1, 0.15) is 61.6 Å². The van der Waals surface area contributed by atoms with E-state index in [1.807, 2.05) is 44.1 Å². The fourth-order valence-corrected chi connectivity index (χ4v) is 5.36. The van der Waals surface area contributed by atoms with E-state index in [9.17, 15) is 13.2 Å². The minimum absolute atomic E-state index is 0.106. The first-order valence-corrected chi connectivity index (χ1v) is 14.2. The zero-order valence-electron chi connectivity index (χ0n) is 22.1. The first kappa shape index (κ1) is 28.3. The van der Waals surface area contributed by atoms with Crippen molar-refractivity contribution in [1.82, 2.24) is 9.62 Å². The number of fused-ring (bicyclic) bond motifs is 1. The summed E-state index contributed by atoms with van der Waals surface area (Å²) in [6.45, 7) is 8.38. The molecule has 1 atom stereocenters. The maximum atomic E-state index is 13.4. The van der Waals surface area contributed by atoms with Gasteiger partial charge in [-0.15, -0.1) is 0 Å². The lowest BCUT2D eigenvalue weighted by Crippen LogP contribution is -2.38. The largest absolute Gasteiger partial charge is 0.459 e. The number of hydrogen-bond donors (Lipinski definition) is 3. The van der Waals surface area contributed by atoms with Crippen LogP contribution in [0.15, 0.2) is 53.5 Å². The summed E-state index contributed by atoms with van der Waals surface area (Å²) < 4.78 is 33.6. The smallest absolute Gasteiger partial charge is 0.260 e. The summed E-state index contributed by atoms with van der Waals surface area (Å²) in [7, 11) is 0.174. The standard InChI is InChI=1S/C28H38N4O4S/c1-6-8-14-37(34,35)31-28(33)26(30-24-12-10-20(11-13-24)19(3)29)22-15-21(9-7-2)27-23(16-22)17-25(36-27)18-32(4)5/h10-13,15-17,26,30H,3,6-9,14,18,29H2,1-2,4-5H3,(H,31,33)/t26-/m1/s1. The number of benzene rings is 2. The highest BCUT2D eigenvalue weighted by atomic mass is 32.2. The molecule has 0 aliphatic heterocycles. The van der Waals surface area contributed by atoms with Crippen molar-refractivity contribution in [3.05, 3.63) is 71.5 Å². The Morgan fingerprint density at radius 3 is 2.41 bits per heavy atom. The van der Waals surface area contributed by atoms with Crippen molar-refractivity contribution in [2.45, 2.75) is 52.1 Å². The van der Waals surface area contributed by atoms with Crippen LogP contribution in [0.4, 0.5) is 5.69 Å². The van der Waals surface area contributed by atoms with Gasteiger partial charge in [0, 0.05) is 16.8 Å². The molecule has 0 unspecified atom stereocenters. The fraction of sp³-hybridized carbons (Fsp3) is 0.393. The van der Waals surface area contributed by atoms with Gasteiger partial charge in [-0.25, -0.2) is 8.42 Å². The van der Waals surface area contributed by atoms with Crippen LogP contribution in [0.25, 0.3) is 16.7 Å². The van der Waals surface area contributed by atoms with Crippen molar-refractivity contribution in [2.24, 2.45) is 5.73 Å². The summed E-state index contributed by atoms with van der Waals surface area (Å²) in [5.41, 5.74) is 10.1. The Labute approximate surface area is 220 Å². The van der Waals surface area contributed by atoms with E-state index in [1.54, 1.807) is 24.3 Å². The fourth-order valence-electron chi connectivity index (χ4n) is 4.16. The predicted molar refractivity (Wildman–Crippen MR) is 150 cm³/mol. The lowest BCUT2D eigenvalue weighted by molar-refractivity contribution is -0.120. The Balaban J connectivity index is 2.06. The molecule has 0 fully saturated rings. The van der Waals surface area contributed by atoms with Crippen LogP contribution in [0.5, 0.6) is 0 Å². The average Bonchev–Trinajstić information content (AvgIpc) is 3.23. The number of rotatable bonds is 13. The Morgan fingerprint density at radius 2 is 1.81 bits per heavy atom. The summed E-state index contributed by atoms with van der Waals surface area (Å²) in [4.78, 5) is 15.5. The van der Waals surface area contributed by atoms with Crippen LogP contribution < -0.4 is 15.8 Å². The summed E-state index contributed by atoms with van der Waals surface area (Å²) in [6.07, 6.45) is 2.84. The lowest BCUT2D eigenvalue weighted by Gasteiger charge is -2.21. The van der Waals surface area contributed by atoms with E-state index < -0.39 is 22.0 Å². The third-order valence-corrected chi connectivity index (χ3v) is 7.28. The second-order valence-corrected chi connectivity index (χ2v) is 11.5. The van der Waals surface area contributed by atoms with Gasteiger partial charge in [-0.2, -0.15) is 0 Å². The van der Waals surface area contributed by atoms with Crippen molar-refractivity contribution in [1.29, 1.82) is 0 Å². The molecular weight excluding hydrogens is 488 g/mol. The van der Waals surface area contributed by atoms with Crippen LogP contribution >= 0.6 is 0 Å². The van der Waals surface area contributed by atoms with Crippen LogP contribution in [0.3, 0.4) is 0 Å². The number of nitrogens with one attached hydrogen (secondary N) is 2. The third kappa shape index (κ3) is 7.60. The van der Waals surface area contributed by atoms with Crippen LogP contribution in [0.2, 0.25) is 0 Å². The number of carbonyl (C=O) groups is 1. The summed E-state index contributed by atoms with van der Waals surface area (Å²) >= 11 is 0. The molecule has 0 bridgehead atoms. The molecule has 3 aromatic rings. The number of sulfonamides is 1. The number of hydrogen-bond acceptors (Lipinski definition) is 7. The Morgan fingerprint density at radius 1 is 1.11 bits per heavy atom. The minimum Gasteiger partial charge on any atom is -0.459 e. The second-order valence-electron chi connectivity index (χ2n) is 9.62. The number of furan rings is 1. The van der Waals surface area contributed by atoms with Crippen molar-refractivity contribution in [3.63, 3.8) is 0 Å². The van der Waals surface area contributed by atoms with Crippen molar-refractivity contribution < 1.29 is 17.6 Å². The molecule has 200 valence electrons. The van der Waals surface area contributed by atoms with Gasteiger partial charge in [-0.3, -0.25) is 9.52 Å². The van der Waals surface area contributed by atoms with E-state index in [2.05, 4.69) is 23.5 Å². The highest BCUT2D eigenvalue weighted by Crippen LogP contribution is 2.31. The van der Waals surface area contributed by atoms with Gasteiger partial charge in [-0.05, 0) is 74.0 Å². The van der Waals surface area contributed by atoms with Crippen LogP contribution in [-0.4, -0.2) is 39.1 Å². The quantitative estimate of drug-likeness (QED) is 0.293. The minimum atomic E-state index is -3.77. The lowest BCUT2D eigenvalue weighted by atomic mass is 9.98. The van der Waals surface area contributed by atoms with E-state index in [0.29, 0.717) is 36.3 Å². The maximum Gasteiger partial charge on any atom is 0.260 e. The SMILES string of the molecule is C=C(N)c1ccc(N[C@@H](C(=O)NS(=O)(=O)CCCC)c2cc(CCC)c3oc(CN(C)C)cc3c2)cc1. The van der Waals surface area contributed by atoms with Gasteiger partial charge in [0.2, 0.25) is 10.0 Å². The topological polar surface area (TPSA) is 118 Å². The number of anilines is 1. The van der Waals surface area contributed by atoms with Gasteiger partial charge in [0.05, 0.1) is 12.3 Å². The zero-order valence-corrected chi connectivity index (χ0v) is 23.0. The number of unbranched alkanes of at least 4 members (excludes halogenated alkanes) is 1. The molecule has 4 N–H and O–H groups in total. The van der Waals surface area contributed by atoms with Gasteiger partial charge < -0.3 is 20.4 Å². The molecule has 8 nitrogen and oxygen atoms in total. The van der Waals surface area contributed by atoms with Crippen molar-refractivity contribution >= 4 is 38.3 Å². The van der Waals surface area contributed by atoms with Crippen molar-refractivity contribution in [2.75, 3.05) is 25.2 Å². The Bertz CT molecular complexity index is 1340. The number of nitrogens with two attached hydrogens (primary N) is 1. The predicted octanol–water partition coefficient (Wildman–Crippen LogP) is 4.78. The van der Waals surface area contributed by atoms with Crippen LogP contribution in [0, 0.1) is 0 Å². The zero-order chi connectivity index (χ0) is 27.2. The number of carbonyl (C=O) groups excluding carboxylic acids is 1. The van der Waals surface area contributed by atoms with Gasteiger partial charge in [-0.1, -0.05) is 45.4 Å². The van der Waals surface area contributed by atoms with E-state index in [-0.39, 0.29) is 5.75 Å². The Kier molecular flexibility index (Phi) is 9.39. The molecule has 2 aromatic carbocycles. The molecule has 3 rings (SSSR count). The van der Waals surface area contributed by atoms with E-state index in [4.69, 9.17) is 10.2 Å². The molecule has 1 amide bonds. The molecule has 0 spiro atoms. The highest BCUT2D eigenvalue weighted by Gasteiger charge is 2.26. The number of nitrogens with zero attached hydrogens (tertiary/aromatic N) is 1. The van der Waals surface area contributed by atoms with E-state index >= 15 is 0 Å². The molecule has 1 aromatic heterocycles. The molecule has 0 saturated carbocycles. The van der Waals surface area contributed by atoms with Crippen LogP contribution in [-0.2, 0) is 27.8 Å². The normalized spacial score (nSPS) is 12.6. The maximum absolute atomic E-state index is 13.4. The Hall–Kier alpha value is -3.30. The highest BCUT2D eigenvalue weighted by molar-refractivity contribution is 7.90. The number of amides is 1. The van der Waals surface area contributed by atoms with E-state index in [1.165, 1.54) is 0 Å². The number of aryl methyl sites for hydroxylation is 1. The van der Waals surface area contributed by atoms with Gasteiger partial charge in [0.25, 0.3) is 5.91 Å². The summed E-state index contributed by atoms with van der Waals surface area (Å²) in [6, 6.07) is 12.0. The molecule has 9 heteroatoms. The summed E-state index contributed by atoms with van der Waals surface area (Å²) in [5, 5.41) is 4.10. The third-order valence-electron chi connectivity index (χ3n) is 5.94. The average molecular weight is 527 g/mol. The molecule has 0 radical (unpaired) electrons. The molecule has 0 aliphatic carbocycles. The summed E-state index contributed by atoms with van der Waals surface area (Å²) in [5.74, 6) is 0.0794. The molecule has 1 heterocycles. The second kappa shape index (κ2) is 12.3. The van der Waals surface area contributed by atoms with Gasteiger partial charge >= 0.3 is 0 Å². The molecular formula is C28H38N4O4S. The van der Waals surface area contributed by atoms with Gasteiger partial charge in [0.15, 0.2) is 0 Å². The first-order chi connectivity index (χ1) is 17.5. The molecule has 37 heavy (non-hydrogen) atoms.